The normalized spacial score (nSPS) is 22.6. The quantitative estimate of drug-likeness (QED) is 0.825. The van der Waals surface area contributed by atoms with E-state index in [1.54, 1.807) is 11.6 Å². The lowest BCUT2D eigenvalue weighted by Gasteiger charge is -2.37. The second kappa shape index (κ2) is 6.56. The van der Waals surface area contributed by atoms with Gasteiger partial charge in [0.2, 0.25) is 0 Å². The number of carbonyl (C=O) groups is 2. The first-order chi connectivity index (χ1) is 9.86. The van der Waals surface area contributed by atoms with Crippen LogP contribution in [0.15, 0.2) is 11.6 Å². The molecular formula is C15H23N3O2S. The van der Waals surface area contributed by atoms with Crippen LogP contribution in [0.1, 0.15) is 46.5 Å². The van der Waals surface area contributed by atoms with Crippen LogP contribution in [0.5, 0.6) is 0 Å². The molecule has 1 aliphatic rings. The molecule has 6 heteroatoms. The number of nitrogens with one attached hydrogen (secondary N) is 2. The fourth-order valence-corrected chi connectivity index (χ4v) is 3.32. The van der Waals surface area contributed by atoms with Crippen LogP contribution in [-0.2, 0) is 9.59 Å². The van der Waals surface area contributed by atoms with Crippen molar-refractivity contribution in [2.75, 3.05) is 5.32 Å². The van der Waals surface area contributed by atoms with Crippen LogP contribution >= 0.6 is 11.3 Å². The van der Waals surface area contributed by atoms with E-state index < -0.39 is 11.8 Å². The lowest BCUT2D eigenvalue weighted by atomic mass is 9.71. The van der Waals surface area contributed by atoms with Crippen molar-refractivity contribution in [3.63, 3.8) is 0 Å². The van der Waals surface area contributed by atoms with Gasteiger partial charge < -0.3 is 5.32 Å². The summed E-state index contributed by atoms with van der Waals surface area (Å²) in [7, 11) is 0. The molecular weight excluding hydrogens is 286 g/mol. The second-order valence-electron chi connectivity index (χ2n) is 6.68. The van der Waals surface area contributed by atoms with Gasteiger partial charge in [0, 0.05) is 17.6 Å². The lowest BCUT2D eigenvalue weighted by molar-refractivity contribution is -0.136. The summed E-state index contributed by atoms with van der Waals surface area (Å²) in [6, 6.07) is 0.109. The van der Waals surface area contributed by atoms with Crippen LogP contribution in [0.25, 0.3) is 0 Å². The van der Waals surface area contributed by atoms with E-state index >= 15 is 0 Å². The van der Waals surface area contributed by atoms with Crippen LogP contribution in [0.4, 0.5) is 5.13 Å². The first kappa shape index (κ1) is 15.9. The van der Waals surface area contributed by atoms with Gasteiger partial charge in [-0.2, -0.15) is 0 Å². The number of hydrogen-bond donors (Lipinski definition) is 2. The molecule has 21 heavy (non-hydrogen) atoms. The smallest absolute Gasteiger partial charge is 0.315 e. The summed E-state index contributed by atoms with van der Waals surface area (Å²) in [5.74, 6) is -0.512. The fourth-order valence-electron chi connectivity index (χ4n) is 2.79. The predicted molar refractivity (Wildman–Crippen MR) is 84.1 cm³/mol. The number of anilines is 1. The van der Waals surface area contributed by atoms with Crippen molar-refractivity contribution in [2.24, 2.45) is 11.3 Å². The minimum absolute atomic E-state index is 0.109. The molecule has 1 fully saturated rings. The molecule has 0 radical (unpaired) electrons. The molecule has 1 aromatic heterocycles. The maximum absolute atomic E-state index is 11.9. The van der Waals surface area contributed by atoms with E-state index in [0.29, 0.717) is 16.5 Å². The maximum atomic E-state index is 11.9. The Labute approximate surface area is 129 Å². The first-order valence-electron chi connectivity index (χ1n) is 7.37. The number of nitrogens with zero attached hydrogens (tertiary/aromatic N) is 1. The molecule has 0 aliphatic heterocycles. The zero-order valence-electron chi connectivity index (χ0n) is 12.8. The third-order valence-corrected chi connectivity index (χ3v) is 4.83. The van der Waals surface area contributed by atoms with E-state index in [1.807, 2.05) is 0 Å². The molecule has 0 spiro atoms. The highest BCUT2D eigenvalue weighted by molar-refractivity contribution is 7.13. The van der Waals surface area contributed by atoms with Crippen LogP contribution in [-0.4, -0.2) is 22.8 Å². The molecule has 1 aromatic rings. The van der Waals surface area contributed by atoms with E-state index in [4.69, 9.17) is 0 Å². The standard InChI is InChI=1S/C15H23N3O2S/c1-15(2,3)10-4-6-11(7-5-10)17-12(19)13(20)18-14-16-8-9-21-14/h8-11H,4-7H2,1-3H3,(H,17,19)(H,16,18,20). The number of thiazole rings is 1. The van der Waals surface area contributed by atoms with E-state index in [0.717, 1.165) is 25.7 Å². The van der Waals surface area contributed by atoms with Gasteiger partial charge in [0.1, 0.15) is 0 Å². The average Bonchev–Trinajstić information content (AvgIpc) is 2.91. The van der Waals surface area contributed by atoms with Gasteiger partial charge in [-0.3, -0.25) is 14.9 Å². The summed E-state index contributed by atoms with van der Waals surface area (Å²) in [6.45, 7) is 6.79. The number of carbonyl (C=O) groups excluding carboxylic acids is 2. The van der Waals surface area contributed by atoms with Crippen LogP contribution in [0.3, 0.4) is 0 Å². The highest BCUT2D eigenvalue weighted by Crippen LogP contribution is 2.37. The van der Waals surface area contributed by atoms with Gasteiger partial charge in [-0.15, -0.1) is 11.3 Å². The Morgan fingerprint density at radius 3 is 2.38 bits per heavy atom. The Balaban J connectivity index is 1.78. The van der Waals surface area contributed by atoms with E-state index in [1.165, 1.54) is 11.3 Å². The number of rotatable bonds is 2. The monoisotopic (exact) mass is 309 g/mol. The van der Waals surface area contributed by atoms with Crippen molar-refractivity contribution < 1.29 is 9.59 Å². The molecule has 2 amide bonds. The van der Waals surface area contributed by atoms with Gasteiger partial charge in [-0.05, 0) is 37.0 Å². The molecule has 0 unspecified atom stereocenters. The number of amides is 2. The molecule has 0 bridgehead atoms. The summed E-state index contributed by atoms with van der Waals surface area (Å²) < 4.78 is 0. The van der Waals surface area contributed by atoms with Crippen LogP contribution in [0.2, 0.25) is 0 Å². The Morgan fingerprint density at radius 1 is 1.19 bits per heavy atom. The van der Waals surface area contributed by atoms with Gasteiger partial charge in [0.05, 0.1) is 0 Å². The molecule has 2 rings (SSSR count). The summed E-state index contributed by atoms with van der Waals surface area (Å²) >= 11 is 1.29. The SMILES string of the molecule is CC(C)(C)C1CCC(NC(=O)C(=O)Nc2nccs2)CC1. The van der Waals surface area contributed by atoms with Gasteiger partial charge in [-0.1, -0.05) is 20.8 Å². The average molecular weight is 309 g/mol. The van der Waals surface area contributed by atoms with Gasteiger partial charge in [-0.25, -0.2) is 4.98 Å². The zero-order valence-corrected chi connectivity index (χ0v) is 13.6. The molecule has 1 aliphatic carbocycles. The van der Waals surface area contributed by atoms with Gasteiger partial charge >= 0.3 is 11.8 Å². The molecule has 0 aromatic carbocycles. The highest BCUT2D eigenvalue weighted by Gasteiger charge is 2.30. The summed E-state index contributed by atoms with van der Waals surface area (Å²) in [6.07, 6.45) is 5.67. The van der Waals surface area contributed by atoms with Crippen molar-refractivity contribution in [3.8, 4) is 0 Å². The molecule has 116 valence electrons. The van der Waals surface area contributed by atoms with Crippen molar-refractivity contribution in [3.05, 3.63) is 11.6 Å². The Bertz CT molecular complexity index is 486. The molecule has 0 atom stereocenters. The summed E-state index contributed by atoms with van der Waals surface area (Å²) in [5, 5.41) is 7.53. The highest BCUT2D eigenvalue weighted by atomic mass is 32.1. The largest absolute Gasteiger partial charge is 0.345 e. The fraction of sp³-hybridized carbons (Fsp3) is 0.667. The third kappa shape index (κ3) is 4.52. The lowest BCUT2D eigenvalue weighted by Crippen LogP contribution is -2.44. The Morgan fingerprint density at radius 2 is 1.86 bits per heavy atom. The first-order valence-corrected chi connectivity index (χ1v) is 8.25. The summed E-state index contributed by atoms with van der Waals surface area (Å²) in [4.78, 5) is 27.5. The molecule has 1 heterocycles. The van der Waals surface area contributed by atoms with Gasteiger partial charge in [0.15, 0.2) is 5.13 Å². The molecule has 2 N–H and O–H groups in total. The minimum Gasteiger partial charge on any atom is -0.345 e. The Kier molecular flexibility index (Phi) is 4.98. The second-order valence-corrected chi connectivity index (χ2v) is 7.57. The van der Waals surface area contributed by atoms with Crippen molar-refractivity contribution in [1.82, 2.24) is 10.3 Å². The van der Waals surface area contributed by atoms with Crippen molar-refractivity contribution in [2.45, 2.75) is 52.5 Å². The van der Waals surface area contributed by atoms with Gasteiger partial charge in [0.25, 0.3) is 0 Å². The molecule has 5 nitrogen and oxygen atoms in total. The number of aromatic nitrogens is 1. The molecule has 1 saturated carbocycles. The Hall–Kier alpha value is -1.43. The maximum Gasteiger partial charge on any atom is 0.315 e. The summed E-state index contributed by atoms with van der Waals surface area (Å²) in [5.41, 5.74) is 0.317. The van der Waals surface area contributed by atoms with Crippen molar-refractivity contribution >= 4 is 28.3 Å². The van der Waals surface area contributed by atoms with Crippen LogP contribution < -0.4 is 10.6 Å². The number of hydrogen-bond acceptors (Lipinski definition) is 4. The third-order valence-electron chi connectivity index (χ3n) is 4.15. The van der Waals surface area contributed by atoms with Crippen molar-refractivity contribution in [1.29, 1.82) is 0 Å². The zero-order chi connectivity index (χ0) is 15.5. The van der Waals surface area contributed by atoms with Crippen LogP contribution in [0, 0.1) is 11.3 Å². The molecule has 0 saturated heterocycles. The topological polar surface area (TPSA) is 71.1 Å². The minimum atomic E-state index is -0.636. The van der Waals surface area contributed by atoms with E-state index in [9.17, 15) is 9.59 Å². The van der Waals surface area contributed by atoms with E-state index in [2.05, 4.69) is 36.4 Å². The predicted octanol–water partition coefficient (Wildman–Crippen LogP) is 2.80. The van der Waals surface area contributed by atoms with E-state index in [-0.39, 0.29) is 6.04 Å².